The molecule has 0 N–H and O–H groups in total. The van der Waals surface area contributed by atoms with Gasteiger partial charge in [-0.15, -0.1) is 11.3 Å². The minimum atomic E-state index is -6.58. The monoisotopic (exact) mass is 341 g/mol. The highest BCUT2D eigenvalue weighted by Gasteiger charge is 2.87. The maximum atomic E-state index is 13.5. The van der Waals surface area contributed by atoms with Crippen molar-refractivity contribution < 1.29 is 39.5 Å². The van der Waals surface area contributed by atoms with Crippen LogP contribution in [0.3, 0.4) is 0 Å². The average Bonchev–Trinajstić information content (AvgIpc) is 2.73. The van der Waals surface area contributed by atoms with Crippen molar-refractivity contribution in [3.63, 3.8) is 0 Å². The molecular weight excluding hydrogens is 337 g/mol. The molecule has 0 unspecified atom stereocenters. The van der Waals surface area contributed by atoms with E-state index in [9.17, 15) is 39.5 Å². The van der Waals surface area contributed by atoms with E-state index in [1.54, 1.807) is 0 Å². The molecule has 0 atom stereocenters. The molecule has 1 aliphatic rings. The number of allylic oxidation sites excluding steroid dienone is 2. The molecule has 1 aromatic heterocycles. The lowest BCUT2D eigenvalue weighted by atomic mass is 9.85. The third kappa shape index (κ3) is 1.75. The van der Waals surface area contributed by atoms with Crippen LogP contribution in [0.25, 0.3) is 5.57 Å². The Morgan fingerprint density at radius 3 is 1.81 bits per heavy atom. The van der Waals surface area contributed by atoms with Gasteiger partial charge in [-0.3, -0.25) is 0 Å². The van der Waals surface area contributed by atoms with Crippen LogP contribution in [0.5, 0.6) is 0 Å². The fraction of sp³-hybridized carbons (Fsp3) is 0.500. The Labute approximate surface area is 115 Å². The second kappa shape index (κ2) is 4.14. The van der Waals surface area contributed by atoms with Gasteiger partial charge in [-0.25, -0.2) is 9.37 Å². The molecule has 1 aromatic rings. The quantitative estimate of drug-likeness (QED) is 0.676. The second-order valence-corrected chi connectivity index (χ2v) is 5.50. The topological polar surface area (TPSA) is 12.9 Å². The SMILES string of the molecule is Cc1cnc(C2=C(F)C(F)(F)C(F)(F)C(F)(F)C2(F)F)s1. The molecule has 118 valence electrons. The lowest BCUT2D eigenvalue weighted by Gasteiger charge is -2.41. The van der Waals surface area contributed by atoms with Gasteiger partial charge >= 0.3 is 23.7 Å². The van der Waals surface area contributed by atoms with Crippen molar-refractivity contribution in [3.8, 4) is 0 Å². The maximum Gasteiger partial charge on any atom is 0.385 e. The first-order valence-electron chi connectivity index (χ1n) is 5.13. The summed E-state index contributed by atoms with van der Waals surface area (Å²) in [6.45, 7) is 1.26. The van der Waals surface area contributed by atoms with E-state index in [0.717, 1.165) is 6.20 Å². The molecule has 0 amide bonds. The zero-order valence-electron chi connectivity index (χ0n) is 9.83. The van der Waals surface area contributed by atoms with Crippen LogP contribution in [0.15, 0.2) is 12.0 Å². The van der Waals surface area contributed by atoms with Gasteiger partial charge in [0.15, 0.2) is 5.83 Å². The van der Waals surface area contributed by atoms with Gasteiger partial charge in [0.2, 0.25) is 0 Å². The van der Waals surface area contributed by atoms with Gasteiger partial charge in [-0.2, -0.15) is 35.1 Å². The lowest BCUT2D eigenvalue weighted by molar-refractivity contribution is -0.355. The number of aromatic nitrogens is 1. The normalized spacial score (nSPS) is 26.0. The van der Waals surface area contributed by atoms with E-state index in [-0.39, 0.29) is 16.2 Å². The smallest absolute Gasteiger partial charge is 0.244 e. The Kier molecular flexibility index (Phi) is 3.18. The van der Waals surface area contributed by atoms with E-state index < -0.39 is 40.1 Å². The Morgan fingerprint density at radius 1 is 0.905 bits per heavy atom. The van der Waals surface area contributed by atoms with Crippen molar-refractivity contribution >= 4 is 16.9 Å². The number of hydrogen-bond donors (Lipinski definition) is 0. The third-order valence-corrected chi connectivity index (χ3v) is 3.76. The minimum Gasteiger partial charge on any atom is -0.244 e. The molecular formula is C10H4F9NS. The van der Waals surface area contributed by atoms with E-state index in [1.807, 2.05) is 0 Å². The summed E-state index contributed by atoms with van der Waals surface area (Å²) in [5.41, 5.74) is -2.51. The van der Waals surface area contributed by atoms with Crippen LogP contribution in [0.4, 0.5) is 39.5 Å². The highest BCUT2D eigenvalue weighted by molar-refractivity contribution is 7.12. The second-order valence-electron chi connectivity index (χ2n) is 4.26. The molecule has 0 spiro atoms. The number of rotatable bonds is 1. The Morgan fingerprint density at radius 2 is 1.38 bits per heavy atom. The molecule has 1 nitrogen and oxygen atoms in total. The summed E-state index contributed by atoms with van der Waals surface area (Å²) in [6.07, 6.45) is 0.833. The molecule has 0 aliphatic heterocycles. The van der Waals surface area contributed by atoms with E-state index >= 15 is 0 Å². The molecule has 0 saturated carbocycles. The largest absolute Gasteiger partial charge is 0.385 e. The Bertz CT molecular complexity index is 616. The van der Waals surface area contributed by atoms with Gasteiger partial charge < -0.3 is 0 Å². The number of hydrogen-bond acceptors (Lipinski definition) is 2. The molecule has 11 heteroatoms. The number of alkyl halides is 8. The lowest BCUT2D eigenvalue weighted by Crippen LogP contribution is -2.66. The maximum absolute atomic E-state index is 13.5. The summed E-state index contributed by atoms with van der Waals surface area (Å²) >= 11 is 0.201. The van der Waals surface area contributed by atoms with Gasteiger partial charge in [0.1, 0.15) is 10.6 Å². The first kappa shape index (κ1) is 16.1. The Hall–Kier alpha value is -1.26. The summed E-state index contributed by atoms with van der Waals surface area (Å²) in [4.78, 5) is 3.21. The number of thiazole rings is 1. The van der Waals surface area contributed by atoms with Crippen LogP contribution in [-0.4, -0.2) is 28.7 Å². The van der Waals surface area contributed by atoms with Gasteiger partial charge in [0.25, 0.3) is 0 Å². The molecule has 2 rings (SSSR count). The molecule has 0 saturated heterocycles. The van der Waals surface area contributed by atoms with Gasteiger partial charge in [0, 0.05) is 11.1 Å². The summed E-state index contributed by atoms with van der Waals surface area (Å²) in [7, 11) is 0. The van der Waals surface area contributed by atoms with Crippen molar-refractivity contribution in [3.05, 3.63) is 21.9 Å². The highest BCUT2D eigenvalue weighted by atomic mass is 32.1. The van der Waals surface area contributed by atoms with Crippen LogP contribution < -0.4 is 0 Å². The number of halogens is 9. The van der Waals surface area contributed by atoms with Gasteiger partial charge in [-0.05, 0) is 6.92 Å². The molecule has 1 heterocycles. The van der Waals surface area contributed by atoms with Gasteiger partial charge in [-0.1, -0.05) is 0 Å². The molecule has 1 aliphatic carbocycles. The summed E-state index contributed by atoms with van der Waals surface area (Å²) in [6, 6.07) is 0. The van der Waals surface area contributed by atoms with Crippen LogP contribution in [0.1, 0.15) is 9.88 Å². The van der Waals surface area contributed by atoms with Crippen LogP contribution in [0.2, 0.25) is 0 Å². The van der Waals surface area contributed by atoms with Crippen LogP contribution in [0, 0.1) is 6.92 Å². The first-order valence-corrected chi connectivity index (χ1v) is 5.95. The first-order chi connectivity index (χ1) is 9.28. The van der Waals surface area contributed by atoms with Crippen LogP contribution >= 0.6 is 11.3 Å². The van der Waals surface area contributed by atoms with E-state index in [1.165, 1.54) is 6.92 Å². The number of nitrogens with zero attached hydrogens (tertiary/aromatic N) is 1. The van der Waals surface area contributed by atoms with Crippen molar-refractivity contribution in [1.82, 2.24) is 4.98 Å². The molecule has 0 radical (unpaired) electrons. The fourth-order valence-electron chi connectivity index (χ4n) is 1.68. The van der Waals surface area contributed by atoms with Crippen molar-refractivity contribution in [1.29, 1.82) is 0 Å². The molecule has 0 aromatic carbocycles. The van der Waals surface area contributed by atoms with E-state index in [2.05, 4.69) is 4.98 Å². The zero-order valence-corrected chi connectivity index (χ0v) is 10.7. The predicted molar refractivity (Wildman–Crippen MR) is 54.7 cm³/mol. The standard InChI is InChI=1S/C10H4F9NS/c1-3-2-20-6(21-3)4-5(11)8(14,15)10(18,19)9(16,17)7(4,12)13/h2H,1H3. The molecule has 21 heavy (non-hydrogen) atoms. The van der Waals surface area contributed by atoms with Crippen molar-refractivity contribution in [2.45, 2.75) is 30.6 Å². The molecule has 0 bridgehead atoms. The van der Waals surface area contributed by atoms with E-state index in [0.29, 0.717) is 0 Å². The minimum absolute atomic E-state index is 0.116. The fourth-order valence-corrected chi connectivity index (χ4v) is 2.52. The predicted octanol–water partition coefficient (Wildman–Crippen LogP) is 4.69. The zero-order chi connectivity index (χ0) is 16.4. The highest BCUT2D eigenvalue weighted by Crippen LogP contribution is 2.64. The number of aryl methyl sites for hydroxylation is 1. The van der Waals surface area contributed by atoms with Crippen molar-refractivity contribution in [2.24, 2.45) is 0 Å². The summed E-state index contributed by atoms with van der Waals surface area (Å²) in [5.74, 6) is -28.3. The summed E-state index contributed by atoms with van der Waals surface area (Å²) in [5, 5.41) is -1.20. The average molecular weight is 341 g/mol. The van der Waals surface area contributed by atoms with E-state index in [4.69, 9.17) is 0 Å². The summed E-state index contributed by atoms with van der Waals surface area (Å²) < 4.78 is 119. The van der Waals surface area contributed by atoms with Gasteiger partial charge in [0.05, 0.1) is 0 Å². The molecule has 0 fully saturated rings. The van der Waals surface area contributed by atoms with Crippen LogP contribution in [-0.2, 0) is 0 Å². The Balaban J connectivity index is 2.84. The third-order valence-electron chi connectivity index (χ3n) is 2.83. The van der Waals surface area contributed by atoms with Crippen molar-refractivity contribution in [2.75, 3.05) is 0 Å².